The van der Waals surface area contributed by atoms with Crippen LogP contribution in [-0.2, 0) is 17.1 Å². The van der Waals surface area contributed by atoms with Gasteiger partial charge in [-0.15, -0.1) is 0 Å². The summed E-state index contributed by atoms with van der Waals surface area (Å²) in [5.41, 5.74) is 6.37. The number of rotatable bonds is 3. The van der Waals surface area contributed by atoms with E-state index in [1.54, 1.807) is 21.0 Å². The molecule has 1 fully saturated rings. The van der Waals surface area contributed by atoms with Gasteiger partial charge in [0.05, 0.1) is 5.69 Å². The van der Waals surface area contributed by atoms with Gasteiger partial charge in [0.1, 0.15) is 4.90 Å². The lowest BCUT2D eigenvalue weighted by molar-refractivity contribution is 0.335. The number of hydrogen-bond acceptors (Lipinski definition) is 4. The lowest BCUT2D eigenvalue weighted by atomic mass is 10.1. The van der Waals surface area contributed by atoms with Crippen molar-refractivity contribution >= 4 is 15.8 Å². The molecule has 0 radical (unpaired) electrons. The zero-order valence-electron chi connectivity index (χ0n) is 12.5. The molecule has 0 amide bonds. The average Bonchev–Trinajstić information content (AvgIpc) is 2.61. The third-order valence-electron chi connectivity index (χ3n) is 4.28. The molecule has 1 saturated carbocycles. The van der Waals surface area contributed by atoms with Crippen LogP contribution in [0.1, 0.15) is 44.2 Å². The van der Waals surface area contributed by atoms with Gasteiger partial charge in [-0.2, -0.15) is 9.40 Å². The molecule has 0 atom stereocenters. The van der Waals surface area contributed by atoms with Crippen molar-refractivity contribution in [1.82, 2.24) is 14.1 Å². The van der Waals surface area contributed by atoms with Gasteiger partial charge in [0.15, 0.2) is 5.82 Å². The largest absolute Gasteiger partial charge is 0.381 e. The van der Waals surface area contributed by atoms with Crippen LogP contribution in [0.25, 0.3) is 0 Å². The third-order valence-corrected chi connectivity index (χ3v) is 6.36. The minimum Gasteiger partial charge on any atom is -0.381 e. The molecular weight excluding hydrogens is 276 g/mol. The van der Waals surface area contributed by atoms with Crippen molar-refractivity contribution in [3.05, 3.63) is 5.69 Å². The summed E-state index contributed by atoms with van der Waals surface area (Å²) < 4.78 is 28.6. The molecule has 20 heavy (non-hydrogen) atoms. The molecule has 1 aromatic heterocycles. The first kappa shape index (κ1) is 15.3. The number of aryl methyl sites for hydroxylation is 1. The van der Waals surface area contributed by atoms with Crippen molar-refractivity contribution < 1.29 is 8.42 Å². The summed E-state index contributed by atoms with van der Waals surface area (Å²) in [4.78, 5) is 0.159. The highest BCUT2D eigenvalue weighted by atomic mass is 32.2. The first-order valence-electron chi connectivity index (χ1n) is 7.13. The summed E-state index contributed by atoms with van der Waals surface area (Å²) in [6, 6.07) is 0.0708. The molecule has 0 aromatic carbocycles. The monoisotopic (exact) mass is 300 g/mol. The quantitative estimate of drug-likeness (QED) is 0.861. The van der Waals surface area contributed by atoms with E-state index in [1.165, 1.54) is 21.8 Å². The van der Waals surface area contributed by atoms with E-state index in [0.29, 0.717) is 5.69 Å². The van der Waals surface area contributed by atoms with Crippen molar-refractivity contribution in [2.45, 2.75) is 56.4 Å². The zero-order valence-corrected chi connectivity index (χ0v) is 13.3. The highest BCUT2D eigenvalue weighted by molar-refractivity contribution is 7.89. The van der Waals surface area contributed by atoms with E-state index in [-0.39, 0.29) is 16.8 Å². The van der Waals surface area contributed by atoms with Crippen LogP contribution >= 0.6 is 0 Å². The van der Waals surface area contributed by atoms with Gasteiger partial charge in [-0.25, -0.2) is 8.42 Å². The average molecular weight is 300 g/mol. The summed E-state index contributed by atoms with van der Waals surface area (Å²) in [5, 5.41) is 4.01. The molecule has 1 aromatic rings. The predicted molar refractivity (Wildman–Crippen MR) is 78.8 cm³/mol. The molecule has 2 N–H and O–H groups in total. The Morgan fingerprint density at radius 2 is 1.80 bits per heavy atom. The molecular formula is C13H24N4O2S. The maximum Gasteiger partial charge on any atom is 0.248 e. The molecule has 114 valence electrons. The van der Waals surface area contributed by atoms with Crippen LogP contribution in [0.15, 0.2) is 4.90 Å². The maximum atomic E-state index is 12.8. The molecule has 0 unspecified atom stereocenters. The van der Waals surface area contributed by atoms with Gasteiger partial charge in [0, 0.05) is 20.1 Å². The Morgan fingerprint density at radius 3 is 2.25 bits per heavy atom. The van der Waals surface area contributed by atoms with Gasteiger partial charge >= 0.3 is 0 Å². The van der Waals surface area contributed by atoms with Crippen molar-refractivity contribution in [3.63, 3.8) is 0 Å². The van der Waals surface area contributed by atoms with Gasteiger partial charge in [0.2, 0.25) is 10.0 Å². The number of sulfonamides is 1. The highest BCUT2D eigenvalue weighted by Gasteiger charge is 2.33. The SMILES string of the molecule is Cc1c(S(=O)(=O)N(C)C2CCCCCC2)c(N)nn1C. The van der Waals surface area contributed by atoms with Crippen molar-refractivity contribution in [2.24, 2.45) is 7.05 Å². The number of nitrogen functional groups attached to an aromatic ring is 1. The highest BCUT2D eigenvalue weighted by Crippen LogP contribution is 2.29. The molecule has 2 rings (SSSR count). The molecule has 7 heteroatoms. The fourth-order valence-corrected chi connectivity index (χ4v) is 4.60. The van der Waals surface area contributed by atoms with E-state index >= 15 is 0 Å². The Morgan fingerprint density at radius 1 is 1.25 bits per heavy atom. The van der Waals surface area contributed by atoms with E-state index in [1.807, 2.05) is 0 Å². The Bertz CT molecular complexity index is 571. The zero-order chi connectivity index (χ0) is 14.9. The number of nitrogens with two attached hydrogens (primary N) is 1. The molecule has 0 saturated heterocycles. The van der Waals surface area contributed by atoms with Crippen LogP contribution in [0.2, 0.25) is 0 Å². The molecule has 0 spiro atoms. The van der Waals surface area contributed by atoms with E-state index in [4.69, 9.17) is 5.73 Å². The molecule has 0 aliphatic heterocycles. The Hall–Kier alpha value is -1.08. The van der Waals surface area contributed by atoms with Crippen LogP contribution in [0, 0.1) is 6.92 Å². The number of nitrogens with zero attached hydrogens (tertiary/aromatic N) is 3. The summed E-state index contributed by atoms with van der Waals surface area (Å²) in [7, 11) is -0.202. The van der Waals surface area contributed by atoms with E-state index < -0.39 is 10.0 Å². The van der Waals surface area contributed by atoms with Crippen molar-refractivity contribution in [3.8, 4) is 0 Å². The number of anilines is 1. The fraction of sp³-hybridized carbons (Fsp3) is 0.769. The first-order chi connectivity index (χ1) is 9.35. The topological polar surface area (TPSA) is 81.2 Å². The Balaban J connectivity index is 2.33. The lowest BCUT2D eigenvalue weighted by Crippen LogP contribution is -2.37. The second-order valence-electron chi connectivity index (χ2n) is 5.59. The minimum absolute atomic E-state index is 0.0708. The number of aromatic nitrogens is 2. The van der Waals surface area contributed by atoms with Gasteiger partial charge in [-0.1, -0.05) is 25.7 Å². The van der Waals surface area contributed by atoms with Crippen molar-refractivity contribution in [2.75, 3.05) is 12.8 Å². The Kier molecular flexibility index (Phi) is 4.39. The van der Waals surface area contributed by atoms with Gasteiger partial charge in [-0.3, -0.25) is 4.68 Å². The summed E-state index contributed by atoms with van der Waals surface area (Å²) >= 11 is 0. The second-order valence-corrected chi connectivity index (χ2v) is 7.52. The maximum absolute atomic E-state index is 12.8. The smallest absolute Gasteiger partial charge is 0.248 e. The Labute approximate surface area is 121 Å². The van der Waals surface area contributed by atoms with E-state index in [9.17, 15) is 8.42 Å². The lowest BCUT2D eigenvalue weighted by Gasteiger charge is -2.26. The first-order valence-corrected chi connectivity index (χ1v) is 8.57. The normalized spacial score (nSPS) is 18.4. The second kappa shape index (κ2) is 5.73. The van der Waals surface area contributed by atoms with Gasteiger partial charge < -0.3 is 5.73 Å². The van der Waals surface area contributed by atoms with Crippen LogP contribution in [0.3, 0.4) is 0 Å². The van der Waals surface area contributed by atoms with E-state index in [2.05, 4.69) is 5.10 Å². The summed E-state index contributed by atoms with van der Waals surface area (Å²) in [5.74, 6) is 0.0884. The molecule has 0 bridgehead atoms. The molecule has 1 aliphatic rings. The summed E-state index contributed by atoms with van der Waals surface area (Å²) in [6.07, 6.45) is 6.42. The molecule has 1 heterocycles. The number of hydrogen-bond donors (Lipinski definition) is 1. The molecule has 1 aliphatic carbocycles. The van der Waals surface area contributed by atoms with Crippen LogP contribution < -0.4 is 5.73 Å². The fourth-order valence-electron chi connectivity index (χ4n) is 2.89. The van der Waals surface area contributed by atoms with E-state index in [0.717, 1.165) is 25.7 Å². The standard InChI is InChI=1S/C13H24N4O2S/c1-10-12(13(14)15-16(10)2)20(18,19)17(3)11-8-6-4-5-7-9-11/h11H,4-9H2,1-3H3,(H2,14,15). The van der Waals surface area contributed by atoms with Crippen LogP contribution in [0.5, 0.6) is 0 Å². The third kappa shape index (κ3) is 2.69. The van der Waals surface area contributed by atoms with Crippen molar-refractivity contribution in [1.29, 1.82) is 0 Å². The van der Waals surface area contributed by atoms with Gasteiger partial charge in [-0.05, 0) is 19.8 Å². The van der Waals surface area contributed by atoms with Gasteiger partial charge in [0.25, 0.3) is 0 Å². The summed E-state index contributed by atoms with van der Waals surface area (Å²) in [6.45, 7) is 1.73. The van der Waals surface area contributed by atoms with Crippen LogP contribution in [-0.4, -0.2) is 35.6 Å². The van der Waals surface area contributed by atoms with Crippen LogP contribution in [0.4, 0.5) is 5.82 Å². The minimum atomic E-state index is -3.57. The molecule has 6 nitrogen and oxygen atoms in total. The predicted octanol–water partition coefficient (Wildman–Crippen LogP) is 1.65.